The number of carbonyl (C=O) groups excluding carboxylic acids is 1. The summed E-state index contributed by atoms with van der Waals surface area (Å²) in [7, 11) is 0. The number of fused-ring (bicyclic) bond motifs is 1. The summed E-state index contributed by atoms with van der Waals surface area (Å²) in [5.41, 5.74) is 5.90. The molecule has 2 rings (SSSR count). The fourth-order valence-electron chi connectivity index (χ4n) is 1.60. The van der Waals surface area contributed by atoms with Gasteiger partial charge in [-0.05, 0) is 17.7 Å². The number of carbonyl (C=O) groups is 1. The van der Waals surface area contributed by atoms with Gasteiger partial charge in [-0.25, -0.2) is 9.18 Å². The van der Waals surface area contributed by atoms with Gasteiger partial charge in [0, 0.05) is 24.1 Å². The summed E-state index contributed by atoms with van der Waals surface area (Å²) < 4.78 is 18.2. The van der Waals surface area contributed by atoms with Crippen LogP contribution in [0.4, 0.5) is 9.18 Å². The van der Waals surface area contributed by atoms with Crippen molar-refractivity contribution in [2.45, 2.75) is 6.42 Å². The first-order chi connectivity index (χ1) is 8.16. The summed E-state index contributed by atoms with van der Waals surface area (Å²) in [5.74, 6) is -0.357. The van der Waals surface area contributed by atoms with Crippen molar-refractivity contribution in [2.75, 3.05) is 6.61 Å². The number of amides is 1. The van der Waals surface area contributed by atoms with Gasteiger partial charge in [-0.2, -0.15) is 0 Å². The van der Waals surface area contributed by atoms with E-state index >= 15 is 0 Å². The monoisotopic (exact) mass is 234 g/mol. The molecule has 1 amide bonds. The minimum atomic E-state index is -0.854. The second-order valence-electron chi connectivity index (χ2n) is 3.56. The van der Waals surface area contributed by atoms with Crippen molar-refractivity contribution in [1.82, 2.24) is 4.98 Å². The third kappa shape index (κ3) is 2.69. The maximum atomic E-state index is 13.6. The van der Waals surface area contributed by atoms with Gasteiger partial charge in [0.25, 0.3) is 0 Å². The summed E-state index contributed by atoms with van der Waals surface area (Å²) in [5, 5.41) is 0.850. The molecule has 0 radical (unpaired) electrons. The second-order valence-corrected chi connectivity index (χ2v) is 3.56. The Morgan fingerprint density at radius 2 is 2.29 bits per heavy atom. The summed E-state index contributed by atoms with van der Waals surface area (Å²) in [6.07, 6.45) is 1.05. The minimum absolute atomic E-state index is 0.0675. The molecule has 0 saturated carbocycles. The van der Waals surface area contributed by atoms with E-state index in [0.29, 0.717) is 17.5 Å². The molecule has 88 valence electrons. The summed E-state index contributed by atoms with van der Waals surface area (Å²) in [6.45, 7) is 0.0675. The highest BCUT2D eigenvalue weighted by atomic mass is 19.1. The lowest BCUT2D eigenvalue weighted by atomic mass is 10.1. The van der Waals surface area contributed by atoms with E-state index in [1.165, 1.54) is 6.07 Å². The van der Waals surface area contributed by atoms with E-state index in [4.69, 9.17) is 5.73 Å². The number of pyridine rings is 1. The quantitative estimate of drug-likeness (QED) is 0.883. The minimum Gasteiger partial charge on any atom is -0.449 e. The fraction of sp³-hybridized carbons (Fsp3) is 0.167. The van der Waals surface area contributed by atoms with Gasteiger partial charge < -0.3 is 10.5 Å². The lowest BCUT2D eigenvalue weighted by molar-refractivity contribution is 0.158. The first kappa shape index (κ1) is 11.3. The number of aromatic nitrogens is 1. The van der Waals surface area contributed by atoms with Crippen LogP contribution < -0.4 is 5.73 Å². The molecular formula is C12H11FN2O2. The van der Waals surface area contributed by atoms with Crippen LogP contribution in [0.5, 0.6) is 0 Å². The van der Waals surface area contributed by atoms with E-state index in [9.17, 15) is 9.18 Å². The van der Waals surface area contributed by atoms with E-state index in [1.54, 1.807) is 18.3 Å². The fourth-order valence-corrected chi connectivity index (χ4v) is 1.60. The highest BCUT2D eigenvalue weighted by Gasteiger charge is 2.06. The smallest absolute Gasteiger partial charge is 0.404 e. The van der Waals surface area contributed by atoms with Gasteiger partial charge >= 0.3 is 6.09 Å². The van der Waals surface area contributed by atoms with E-state index in [2.05, 4.69) is 9.72 Å². The van der Waals surface area contributed by atoms with Crippen LogP contribution in [0.1, 0.15) is 5.56 Å². The molecule has 5 heteroatoms. The molecule has 1 heterocycles. The number of nitrogens with zero attached hydrogens (tertiary/aromatic N) is 1. The Morgan fingerprint density at radius 3 is 3.06 bits per heavy atom. The Kier molecular flexibility index (Phi) is 3.18. The van der Waals surface area contributed by atoms with Gasteiger partial charge in [0.1, 0.15) is 5.82 Å². The SMILES string of the molecule is NC(=O)OCCc1cc2cccnc2cc1F. The molecule has 0 atom stereocenters. The van der Waals surface area contributed by atoms with Crippen molar-refractivity contribution in [2.24, 2.45) is 5.73 Å². The number of nitrogens with two attached hydrogens (primary N) is 1. The molecule has 0 aliphatic heterocycles. The topological polar surface area (TPSA) is 65.2 Å². The molecular weight excluding hydrogens is 223 g/mol. The van der Waals surface area contributed by atoms with E-state index in [0.717, 1.165) is 5.39 Å². The Bertz CT molecular complexity index is 557. The molecule has 4 nitrogen and oxygen atoms in total. The maximum Gasteiger partial charge on any atom is 0.404 e. The number of rotatable bonds is 3. The summed E-state index contributed by atoms with van der Waals surface area (Å²) >= 11 is 0. The third-order valence-electron chi connectivity index (χ3n) is 2.39. The van der Waals surface area contributed by atoms with E-state index in [-0.39, 0.29) is 12.4 Å². The first-order valence-corrected chi connectivity index (χ1v) is 5.12. The Balaban J connectivity index is 2.22. The molecule has 17 heavy (non-hydrogen) atoms. The molecule has 2 aromatic rings. The number of hydrogen-bond acceptors (Lipinski definition) is 3. The van der Waals surface area contributed by atoms with E-state index < -0.39 is 6.09 Å². The standard InChI is InChI=1S/C12H11FN2O2/c13-10-7-11-9(2-1-4-15-11)6-8(10)3-5-17-12(14)16/h1-2,4,6-7H,3,5H2,(H2,14,16). The van der Waals surface area contributed by atoms with Crippen LogP contribution >= 0.6 is 0 Å². The Hall–Kier alpha value is -2.17. The molecule has 0 fully saturated rings. The molecule has 0 spiro atoms. The number of halogens is 1. The Labute approximate surface area is 97.2 Å². The zero-order chi connectivity index (χ0) is 12.3. The molecule has 0 bridgehead atoms. The first-order valence-electron chi connectivity index (χ1n) is 5.12. The van der Waals surface area contributed by atoms with Crippen LogP contribution in [0.2, 0.25) is 0 Å². The van der Waals surface area contributed by atoms with Crippen LogP contribution in [0.25, 0.3) is 10.9 Å². The van der Waals surface area contributed by atoms with Crippen LogP contribution in [-0.4, -0.2) is 17.7 Å². The van der Waals surface area contributed by atoms with Crippen molar-refractivity contribution in [3.8, 4) is 0 Å². The second kappa shape index (κ2) is 4.78. The third-order valence-corrected chi connectivity index (χ3v) is 2.39. The van der Waals surface area contributed by atoms with E-state index in [1.807, 2.05) is 6.07 Å². The van der Waals surface area contributed by atoms with Crippen LogP contribution in [0.15, 0.2) is 30.5 Å². The summed E-state index contributed by atoms with van der Waals surface area (Å²) in [6, 6.07) is 6.70. The van der Waals surface area contributed by atoms with Crippen molar-refractivity contribution < 1.29 is 13.9 Å². The zero-order valence-electron chi connectivity index (χ0n) is 9.02. The lowest BCUT2D eigenvalue weighted by Gasteiger charge is -2.05. The lowest BCUT2D eigenvalue weighted by Crippen LogP contribution is -2.15. The van der Waals surface area contributed by atoms with Crippen molar-refractivity contribution in [3.05, 3.63) is 41.8 Å². The average Bonchev–Trinajstić information content (AvgIpc) is 2.29. The molecule has 0 aliphatic carbocycles. The van der Waals surface area contributed by atoms with Gasteiger partial charge in [0.05, 0.1) is 12.1 Å². The number of benzene rings is 1. The van der Waals surface area contributed by atoms with Crippen LogP contribution in [0, 0.1) is 5.82 Å². The molecule has 1 aromatic heterocycles. The van der Waals surface area contributed by atoms with Crippen molar-refractivity contribution in [3.63, 3.8) is 0 Å². The van der Waals surface area contributed by atoms with Gasteiger partial charge in [-0.3, -0.25) is 4.98 Å². The molecule has 1 aromatic carbocycles. The molecule has 0 saturated heterocycles. The zero-order valence-corrected chi connectivity index (χ0v) is 9.02. The van der Waals surface area contributed by atoms with Gasteiger partial charge in [-0.1, -0.05) is 6.07 Å². The highest BCUT2D eigenvalue weighted by Crippen LogP contribution is 2.17. The molecule has 2 N–H and O–H groups in total. The largest absolute Gasteiger partial charge is 0.449 e. The van der Waals surface area contributed by atoms with Crippen LogP contribution in [-0.2, 0) is 11.2 Å². The van der Waals surface area contributed by atoms with Crippen molar-refractivity contribution >= 4 is 17.0 Å². The molecule has 0 unspecified atom stereocenters. The molecule has 0 aliphatic rings. The Morgan fingerprint density at radius 1 is 1.47 bits per heavy atom. The van der Waals surface area contributed by atoms with Gasteiger partial charge in [0.15, 0.2) is 0 Å². The number of hydrogen-bond donors (Lipinski definition) is 1. The van der Waals surface area contributed by atoms with Crippen LogP contribution in [0.3, 0.4) is 0 Å². The summed E-state index contributed by atoms with van der Waals surface area (Å²) in [4.78, 5) is 14.4. The predicted molar refractivity (Wildman–Crippen MR) is 60.9 cm³/mol. The average molecular weight is 234 g/mol. The number of ether oxygens (including phenoxy) is 1. The highest BCUT2D eigenvalue weighted by molar-refractivity contribution is 5.79. The normalized spacial score (nSPS) is 10.4. The number of primary amides is 1. The maximum absolute atomic E-state index is 13.6. The van der Waals surface area contributed by atoms with Crippen molar-refractivity contribution in [1.29, 1.82) is 0 Å². The van der Waals surface area contributed by atoms with Gasteiger partial charge in [-0.15, -0.1) is 0 Å². The predicted octanol–water partition coefficient (Wildman–Crippen LogP) is 2.01. The van der Waals surface area contributed by atoms with Gasteiger partial charge in [0.2, 0.25) is 0 Å².